The van der Waals surface area contributed by atoms with E-state index in [-0.39, 0.29) is 11.5 Å². The van der Waals surface area contributed by atoms with E-state index in [1.54, 1.807) is 12.1 Å². The van der Waals surface area contributed by atoms with Gasteiger partial charge in [0, 0.05) is 24.7 Å². The Bertz CT molecular complexity index is 395. The van der Waals surface area contributed by atoms with Gasteiger partial charge in [0.1, 0.15) is 11.5 Å². The second-order valence-electron chi connectivity index (χ2n) is 4.99. The third-order valence-corrected chi connectivity index (χ3v) is 3.63. The molecular weight excluding hydrogens is 228 g/mol. The molecule has 1 aromatic carbocycles. The molecule has 100 valence electrons. The molecule has 0 saturated carbocycles. The highest BCUT2D eigenvalue weighted by Gasteiger charge is 2.20. The summed E-state index contributed by atoms with van der Waals surface area (Å²) >= 11 is 0. The Kier molecular flexibility index (Phi) is 4.44. The fourth-order valence-electron chi connectivity index (χ4n) is 2.48. The molecule has 0 radical (unpaired) electrons. The number of nitrogens with one attached hydrogen (secondary N) is 1. The van der Waals surface area contributed by atoms with Crippen molar-refractivity contribution in [3.05, 3.63) is 23.8 Å². The molecule has 1 aliphatic rings. The van der Waals surface area contributed by atoms with Crippen molar-refractivity contribution in [3.8, 4) is 11.5 Å². The summed E-state index contributed by atoms with van der Waals surface area (Å²) in [7, 11) is 0. The van der Waals surface area contributed by atoms with Crippen LogP contribution in [-0.2, 0) is 6.54 Å². The minimum atomic E-state index is 0.102. The second-order valence-corrected chi connectivity index (χ2v) is 4.99. The van der Waals surface area contributed by atoms with Crippen LogP contribution in [0.2, 0.25) is 0 Å². The molecule has 0 aromatic heterocycles. The topological polar surface area (TPSA) is 55.7 Å². The van der Waals surface area contributed by atoms with Crippen LogP contribution >= 0.6 is 0 Å². The Morgan fingerprint density at radius 3 is 2.89 bits per heavy atom. The van der Waals surface area contributed by atoms with E-state index in [2.05, 4.69) is 17.1 Å². The molecule has 1 aromatic rings. The zero-order chi connectivity index (χ0) is 13.0. The zero-order valence-electron chi connectivity index (χ0n) is 10.9. The van der Waals surface area contributed by atoms with Crippen molar-refractivity contribution in [1.82, 2.24) is 10.2 Å². The molecule has 1 saturated heterocycles. The number of hydrogen-bond acceptors (Lipinski definition) is 4. The van der Waals surface area contributed by atoms with Crippen LogP contribution in [0.3, 0.4) is 0 Å². The normalized spacial score (nSPS) is 20.4. The first-order chi connectivity index (χ1) is 8.69. The van der Waals surface area contributed by atoms with Crippen LogP contribution in [0.5, 0.6) is 11.5 Å². The van der Waals surface area contributed by atoms with Gasteiger partial charge in [-0.15, -0.1) is 0 Å². The molecule has 4 heteroatoms. The van der Waals surface area contributed by atoms with Crippen molar-refractivity contribution >= 4 is 0 Å². The summed E-state index contributed by atoms with van der Waals surface area (Å²) in [6.45, 7) is 7.34. The lowest BCUT2D eigenvalue weighted by Crippen LogP contribution is -2.26. The Labute approximate surface area is 108 Å². The molecule has 1 heterocycles. The summed E-state index contributed by atoms with van der Waals surface area (Å²) < 4.78 is 0. The summed E-state index contributed by atoms with van der Waals surface area (Å²) in [6, 6.07) is 4.74. The molecule has 18 heavy (non-hydrogen) atoms. The summed E-state index contributed by atoms with van der Waals surface area (Å²) in [5.41, 5.74) is 0.832. The molecule has 0 aliphatic carbocycles. The third-order valence-electron chi connectivity index (χ3n) is 3.63. The molecule has 4 nitrogen and oxygen atoms in total. The van der Waals surface area contributed by atoms with Crippen LogP contribution in [-0.4, -0.2) is 41.3 Å². The van der Waals surface area contributed by atoms with Gasteiger partial charge < -0.3 is 20.4 Å². The van der Waals surface area contributed by atoms with Gasteiger partial charge in [-0.05, 0) is 38.0 Å². The number of phenolic OH excluding ortho intramolecular Hbond substituents is 2. The van der Waals surface area contributed by atoms with E-state index < -0.39 is 0 Å². The lowest BCUT2D eigenvalue weighted by atomic mass is 10.1. The fourth-order valence-corrected chi connectivity index (χ4v) is 2.48. The maximum absolute atomic E-state index is 9.66. The molecule has 2 rings (SSSR count). The average Bonchev–Trinajstić information content (AvgIpc) is 2.80. The lowest BCUT2D eigenvalue weighted by molar-refractivity contribution is 0.338. The number of nitrogens with zero attached hydrogens (tertiary/aromatic N) is 1. The van der Waals surface area contributed by atoms with Crippen LogP contribution in [0.15, 0.2) is 18.2 Å². The zero-order valence-corrected chi connectivity index (χ0v) is 10.9. The summed E-state index contributed by atoms with van der Waals surface area (Å²) in [5, 5.41) is 22.2. The van der Waals surface area contributed by atoms with Gasteiger partial charge in [0.05, 0.1) is 0 Å². The average molecular weight is 250 g/mol. The maximum Gasteiger partial charge on any atom is 0.123 e. The van der Waals surface area contributed by atoms with E-state index in [0.717, 1.165) is 18.7 Å². The Hall–Kier alpha value is -1.26. The highest BCUT2D eigenvalue weighted by Crippen LogP contribution is 2.22. The maximum atomic E-state index is 9.66. The van der Waals surface area contributed by atoms with Crippen molar-refractivity contribution in [2.45, 2.75) is 19.9 Å². The van der Waals surface area contributed by atoms with Crippen LogP contribution in [0.4, 0.5) is 0 Å². The van der Waals surface area contributed by atoms with Gasteiger partial charge in [-0.3, -0.25) is 0 Å². The van der Waals surface area contributed by atoms with E-state index in [1.807, 2.05) is 0 Å². The number of rotatable bonds is 5. The molecule has 1 fully saturated rings. The Morgan fingerprint density at radius 2 is 2.22 bits per heavy atom. The Balaban J connectivity index is 1.75. The van der Waals surface area contributed by atoms with Gasteiger partial charge in [-0.1, -0.05) is 13.0 Å². The molecule has 1 unspecified atom stereocenters. The number of hydrogen-bond donors (Lipinski definition) is 3. The largest absolute Gasteiger partial charge is 0.508 e. The molecule has 1 atom stereocenters. The minimum absolute atomic E-state index is 0.102. The molecule has 1 aliphatic heterocycles. The van der Waals surface area contributed by atoms with E-state index in [1.165, 1.54) is 25.6 Å². The lowest BCUT2D eigenvalue weighted by Gasteiger charge is -2.14. The van der Waals surface area contributed by atoms with Crippen LogP contribution in [0.25, 0.3) is 0 Å². The summed E-state index contributed by atoms with van der Waals surface area (Å²) in [5.74, 6) is 0.971. The predicted octanol–water partition coefficient (Wildman–Crippen LogP) is 1.53. The molecule has 3 N–H and O–H groups in total. The van der Waals surface area contributed by atoms with E-state index >= 15 is 0 Å². The van der Waals surface area contributed by atoms with Gasteiger partial charge in [-0.25, -0.2) is 0 Å². The standard InChI is InChI=1S/C14H22N2O2/c1-2-16-6-5-11(10-16)8-15-9-12-3-4-13(17)7-14(12)18/h3-4,7,11,15,17-18H,2,5-6,8-10H2,1H3. The third kappa shape index (κ3) is 3.37. The smallest absolute Gasteiger partial charge is 0.123 e. The monoisotopic (exact) mass is 250 g/mol. The van der Waals surface area contributed by atoms with Crippen LogP contribution in [0, 0.1) is 5.92 Å². The number of benzene rings is 1. The Morgan fingerprint density at radius 1 is 1.39 bits per heavy atom. The first kappa shape index (κ1) is 13.2. The van der Waals surface area contributed by atoms with Crippen molar-refractivity contribution in [1.29, 1.82) is 0 Å². The number of likely N-dealkylation sites (tertiary alicyclic amines) is 1. The van der Waals surface area contributed by atoms with Crippen molar-refractivity contribution in [2.24, 2.45) is 5.92 Å². The summed E-state index contributed by atoms with van der Waals surface area (Å²) in [4.78, 5) is 2.46. The van der Waals surface area contributed by atoms with Crippen LogP contribution < -0.4 is 5.32 Å². The molecule has 0 spiro atoms. The second kappa shape index (κ2) is 6.07. The summed E-state index contributed by atoms with van der Waals surface area (Å²) in [6.07, 6.45) is 1.25. The van der Waals surface area contributed by atoms with E-state index in [4.69, 9.17) is 0 Å². The molecule has 0 bridgehead atoms. The predicted molar refractivity (Wildman–Crippen MR) is 71.7 cm³/mol. The SMILES string of the molecule is CCN1CCC(CNCc2ccc(O)cc2O)C1. The van der Waals surface area contributed by atoms with Crippen molar-refractivity contribution in [3.63, 3.8) is 0 Å². The van der Waals surface area contributed by atoms with Crippen molar-refractivity contribution < 1.29 is 10.2 Å². The van der Waals surface area contributed by atoms with Gasteiger partial charge in [-0.2, -0.15) is 0 Å². The number of aromatic hydroxyl groups is 2. The molecular formula is C14H22N2O2. The van der Waals surface area contributed by atoms with Gasteiger partial charge in [0.15, 0.2) is 0 Å². The molecule has 0 amide bonds. The van der Waals surface area contributed by atoms with Gasteiger partial charge in [0.2, 0.25) is 0 Å². The van der Waals surface area contributed by atoms with Crippen molar-refractivity contribution in [2.75, 3.05) is 26.2 Å². The van der Waals surface area contributed by atoms with Gasteiger partial charge >= 0.3 is 0 Å². The first-order valence-electron chi connectivity index (χ1n) is 6.63. The fraction of sp³-hybridized carbons (Fsp3) is 0.571. The van der Waals surface area contributed by atoms with Crippen LogP contribution in [0.1, 0.15) is 18.9 Å². The highest BCUT2D eigenvalue weighted by molar-refractivity contribution is 5.38. The van der Waals surface area contributed by atoms with E-state index in [9.17, 15) is 10.2 Å². The first-order valence-corrected chi connectivity index (χ1v) is 6.63. The highest BCUT2D eigenvalue weighted by atomic mass is 16.3. The number of phenols is 2. The van der Waals surface area contributed by atoms with Gasteiger partial charge in [0.25, 0.3) is 0 Å². The minimum Gasteiger partial charge on any atom is -0.508 e. The van der Waals surface area contributed by atoms with E-state index in [0.29, 0.717) is 12.5 Å². The quantitative estimate of drug-likeness (QED) is 0.742.